The molecule has 0 saturated carbocycles. The molecule has 0 amide bonds. The van der Waals surface area contributed by atoms with Crippen molar-refractivity contribution in [3.05, 3.63) is 90.1 Å². The number of piperazine rings is 1. The maximum absolute atomic E-state index is 5.66. The maximum atomic E-state index is 5.66. The van der Waals surface area contributed by atoms with Gasteiger partial charge in [0.15, 0.2) is 5.82 Å². The van der Waals surface area contributed by atoms with E-state index in [1.807, 2.05) is 35.9 Å². The molecule has 1 atom stereocenters. The molecule has 2 aromatic heterocycles. The van der Waals surface area contributed by atoms with Crippen molar-refractivity contribution in [2.24, 2.45) is 0 Å². The van der Waals surface area contributed by atoms with Crippen LogP contribution in [0.1, 0.15) is 30.1 Å². The van der Waals surface area contributed by atoms with Crippen LogP contribution in [0.5, 0.6) is 5.75 Å². The van der Waals surface area contributed by atoms with Crippen LogP contribution in [0, 0.1) is 0 Å². The van der Waals surface area contributed by atoms with E-state index >= 15 is 0 Å². The predicted molar refractivity (Wildman–Crippen MR) is 125 cm³/mol. The molecule has 0 N–H and O–H groups in total. The summed E-state index contributed by atoms with van der Waals surface area (Å²) < 4.78 is 13.0. The first kappa shape index (κ1) is 21.2. The van der Waals surface area contributed by atoms with E-state index in [9.17, 15) is 0 Å². The van der Waals surface area contributed by atoms with Crippen molar-refractivity contribution >= 4 is 5.69 Å². The van der Waals surface area contributed by atoms with Crippen molar-refractivity contribution in [2.45, 2.75) is 19.5 Å². The fourth-order valence-corrected chi connectivity index (χ4v) is 4.38. The molecule has 1 fully saturated rings. The van der Waals surface area contributed by atoms with E-state index in [0.717, 1.165) is 49.1 Å². The third kappa shape index (κ3) is 4.75. The third-order valence-electron chi connectivity index (χ3n) is 6.00. The number of furan rings is 1. The van der Waals surface area contributed by atoms with Crippen LogP contribution in [0.2, 0.25) is 0 Å². The van der Waals surface area contributed by atoms with Crippen molar-refractivity contribution in [1.82, 2.24) is 25.1 Å². The Labute approximate surface area is 193 Å². The van der Waals surface area contributed by atoms with E-state index in [1.54, 1.807) is 6.26 Å². The lowest BCUT2D eigenvalue weighted by Gasteiger charge is -2.39. The maximum Gasteiger partial charge on any atom is 0.173 e. The highest BCUT2D eigenvalue weighted by Crippen LogP contribution is 2.30. The number of anilines is 1. The number of hydrogen-bond acceptors (Lipinski definition) is 7. The van der Waals surface area contributed by atoms with Gasteiger partial charge in [-0.05, 0) is 59.3 Å². The zero-order chi connectivity index (χ0) is 22.5. The van der Waals surface area contributed by atoms with Crippen LogP contribution in [0.3, 0.4) is 0 Å². The molecule has 8 heteroatoms. The minimum absolute atomic E-state index is 0.0661. The van der Waals surface area contributed by atoms with Crippen LogP contribution in [-0.4, -0.2) is 57.9 Å². The zero-order valence-corrected chi connectivity index (χ0v) is 18.7. The second-order valence-electron chi connectivity index (χ2n) is 8.04. The summed E-state index contributed by atoms with van der Waals surface area (Å²) in [6.07, 6.45) is 1.67. The second-order valence-corrected chi connectivity index (χ2v) is 8.04. The predicted octanol–water partition coefficient (Wildman–Crippen LogP) is 3.62. The summed E-state index contributed by atoms with van der Waals surface area (Å²) in [5, 5.41) is 12.7. The lowest BCUT2D eigenvalue weighted by Crippen LogP contribution is -2.48. The zero-order valence-electron chi connectivity index (χ0n) is 18.7. The van der Waals surface area contributed by atoms with E-state index in [2.05, 4.69) is 67.8 Å². The minimum Gasteiger partial charge on any atom is -0.494 e. The van der Waals surface area contributed by atoms with Crippen LogP contribution in [0.4, 0.5) is 5.69 Å². The summed E-state index contributed by atoms with van der Waals surface area (Å²) in [4.78, 5) is 4.89. The van der Waals surface area contributed by atoms with E-state index in [-0.39, 0.29) is 6.04 Å². The second kappa shape index (κ2) is 9.87. The van der Waals surface area contributed by atoms with Gasteiger partial charge in [0.2, 0.25) is 0 Å². The van der Waals surface area contributed by atoms with Crippen LogP contribution in [0.25, 0.3) is 0 Å². The molecule has 1 saturated heterocycles. The molecule has 0 unspecified atom stereocenters. The summed E-state index contributed by atoms with van der Waals surface area (Å²) >= 11 is 0. The van der Waals surface area contributed by atoms with Crippen molar-refractivity contribution in [3.8, 4) is 5.75 Å². The fraction of sp³-hybridized carbons (Fsp3) is 0.320. The first-order valence-corrected chi connectivity index (χ1v) is 11.4. The number of hydrogen-bond donors (Lipinski definition) is 0. The quantitative estimate of drug-likeness (QED) is 0.411. The van der Waals surface area contributed by atoms with Gasteiger partial charge in [0.25, 0.3) is 0 Å². The molecule has 33 heavy (non-hydrogen) atoms. The summed E-state index contributed by atoms with van der Waals surface area (Å²) in [6.45, 7) is 6.82. The van der Waals surface area contributed by atoms with Gasteiger partial charge in [0.1, 0.15) is 18.1 Å². The standard InChI is InChI=1S/C25H28N6O2/c1-2-32-22-12-10-20(11-13-22)24(25-26-27-28-31(25)19-23-9-6-18-33-23)30-16-14-29(15-17-30)21-7-4-3-5-8-21/h3-13,18,24H,2,14-17,19H2,1H3/t24-/m1/s1. The molecule has 0 spiro atoms. The number of ether oxygens (including phenoxy) is 1. The number of aromatic nitrogens is 4. The van der Waals surface area contributed by atoms with Gasteiger partial charge in [-0.25, -0.2) is 4.68 Å². The molecule has 8 nitrogen and oxygen atoms in total. The molecular formula is C25H28N6O2. The Bertz CT molecular complexity index is 1120. The van der Waals surface area contributed by atoms with Gasteiger partial charge in [-0.1, -0.05) is 30.3 Å². The molecule has 0 radical (unpaired) electrons. The molecule has 1 aliphatic heterocycles. The molecule has 3 heterocycles. The summed E-state index contributed by atoms with van der Waals surface area (Å²) in [7, 11) is 0. The normalized spacial score (nSPS) is 15.5. The Balaban J connectivity index is 1.42. The first-order valence-electron chi connectivity index (χ1n) is 11.4. The average molecular weight is 445 g/mol. The summed E-state index contributed by atoms with van der Waals surface area (Å²) in [5.41, 5.74) is 2.40. The van der Waals surface area contributed by atoms with Gasteiger partial charge in [0, 0.05) is 31.9 Å². The van der Waals surface area contributed by atoms with E-state index in [4.69, 9.17) is 9.15 Å². The largest absolute Gasteiger partial charge is 0.494 e. The van der Waals surface area contributed by atoms with Gasteiger partial charge in [-0.3, -0.25) is 4.90 Å². The van der Waals surface area contributed by atoms with Crippen molar-refractivity contribution < 1.29 is 9.15 Å². The van der Waals surface area contributed by atoms with E-state index in [0.29, 0.717) is 13.2 Å². The molecule has 170 valence electrons. The van der Waals surface area contributed by atoms with Crippen LogP contribution >= 0.6 is 0 Å². The van der Waals surface area contributed by atoms with Crippen LogP contribution in [-0.2, 0) is 6.54 Å². The Morgan fingerprint density at radius 3 is 2.42 bits per heavy atom. The monoisotopic (exact) mass is 444 g/mol. The van der Waals surface area contributed by atoms with Gasteiger partial charge >= 0.3 is 0 Å². The van der Waals surface area contributed by atoms with Crippen molar-refractivity contribution in [1.29, 1.82) is 0 Å². The topological polar surface area (TPSA) is 72.4 Å². The highest BCUT2D eigenvalue weighted by Gasteiger charge is 2.31. The Morgan fingerprint density at radius 1 is 0.939 bits per heavy atom. The van der Waals surface area contributed by atoms with Gasteiger partial charge in [0.05, 0.1) is 18.9 Å². The number of benzene rings is 2. The Morgan fingerprint density at radius 2 is 1.73 bits per heavy atom. The van der Waals surface area contributed by atoms with Gasteiger partial charge in [-0.2, -0.15) is 0 Å². The number of para-hydroxylation sites is 1. The Hall–Kier alpha value is -3.65. The van der Waals surface area contributed by atoms with Gasteiger partial charge < -0.3 is 14.1 Å². The fourth-order valence-electron chi connectivity index (χ4n) is 4.38. The SMILES string of the molecule is CCOc1ccc([C@H](c2nnnn2Cc2ccco2)N2CCN(c3ccccc3)CC2)cc1. The Kier molecular flexibility index (Phi) is 6.34. The highest BCUT2D eigenvalue weighted by atomic mass is 16.5. The highest BCUT2D eigenvalue weighted by molar-refractivity contribution is 5.46. The molecular weight excluding hydrogens is 416 g/mol. The number of tetrazole rings is 1. The lowest BCUT2D eigenvalue weighted by molar-refractivity contribution is 0.200. The average Bonchev–Trinajstić information content (AvgIpc) is 3.55. The summed E-state index contributed by atoms with van der Waals surface area (Å²) in [5.74, 6) is 2.50. The molecule has 2 aromatic carbocycles. The first-order chi connectivity index (χ1) is 16.3. The smallest absolute Gasteiger partial charge is 0.173 e. The summed E-state index contributed by atoms with van der Waals surface area (Å²) in [6, 6.07) is 22.6. The van der Waals surface area contributed by atoms with Crippen LogP contribution < -0.4 is 9.64 Å². The minimum atomic E-state index is -0.0661. The van der Waals surface area contributed by atoms with Crippen LogP contribution in [0.15, 0.2) is 77.4 Å². The van der Waals surface area contributed by atoms with E-state index in [1.165, 1.54) is 5.69 Å². The van der Waals surface area contributed by atoms with Crippen molar-refractivity contribution in [3.63, 3.8) is 0 Å². The third-order valence-corrected chi connectivity index (χ3v) is 6.00. The van der Waals surface area contributed by atoms with Gasteiger partial charge in [-0.15, -0.1) is 5.10 Å². The number of rotatable bonds is 8. The molecule has 0 aliphatic carbocycles. The molecule has 0 bridgehead atoms. The van der Waals surface area contributed by atoms with E-state index < -0.39 is 0 Å². The molecule has 4 aromatic rings. The molecule has 5 rings (SSSR count). The lowest BCUT2D eigenvalue weighted by atomic mass is 10.0. The molecule has 1 aliphatic rings. The number of nitrogens with zero attached hydrogens (tertiary/aromatic N) is 6. The van der Waals surface area contributed by atoms with Crippen molar-refractivity contribution in [2.75, 3.05) is 37.7 Å².